The van der Waals surface area contributed by atoms with Crippen LogP contribution in [0.25, 0.3) is 5.69 Å². The van der Waals surface area contributed by atoms with Crippen LogP contribution in [-0.2, 0) is 0 Å². The molecule has 0 spiro atoms. The minimum absolute atomic E-state index is 0.0534. The highest BCUT2D eigenvalue weighted by molar-refractivity contribution is 8.00. The van der Waals surface area contributed by atoms with Crippen molar-refractivity contribution in [2.45, 2.75) is 30.3 Å². The molecular weight excluding hydrogens is 392 g/mol. The number of carbonyl (C=O) groups excluding carboxylic acids is 1. The second kappa shape index (κ2) is 8.90. The smallest absolute Gasteiger partial charge is 0.196 e. The Bertz CT molecular complexity index is 941. The molecule has 3 aromatic rings. The fourth-order valence-corrected chi connectivity index (χ4v) is 3.82. The highest BCUT2D eigenvalue weighted by Crippen LogP contribution is 2.30. The number of carbonyl (C=O) groups is 1. The number of nitrogens with zero attached hydrogens (tertiary/aromatic N) is 4. The standard InChI is InChI=1S/C21H23ClN4OS/c1-14(25(3)4)20-23-24-21(26(20)18-12-10-17(22)11-13-18)28-15(2)19(27)16-8-6-5-7-9-16/h5-15H,1-4H3/t14-,15+/m0/s1. The first kappa shape index (κ1) is 20.6. The molecule has 28 heavy (non-hydrogen) atoms. The van der Waals surface area contributed by atoms with Gasteiger partial charge in [-0.3, -0.25) is 14.3 Å². The van der Waals surface area contributed by atoms with Crippen molar-refractivity contribution in [1.82, 2.24) is 19.7 Å². The van der Waals surface area contributed by atoms with E-state index in [2.05, 4.69) is 22.0 Å². The lowest BCUT2D eigenvalue weighted by molar-refractivity contribution is 0.0994. The number of Topliss-reactive ketones (excluding diaryl/α,β-unsaturated/α-hetero) is 1. The van der Waals surface area contributed by atoms with Gasteiger partial charge < -0.3 is 0 Å². The van der Waals surface area contributed by atoms with Gasteiger partial charge in [0.2, 0.25) is 0 Å². The third-order valence-electron chi connectivity index (χ3n) is 4.60. The van der Waals surface area contributed by atoms with Crippen molar-refractivity contribution in [2.24, 2.45) is 0 Å². The van der Waals surface area contributed by atoms with E-state index in [0.29, 0.717) is 15.7 Å². The molecule has 0 N–H and O–H groups in total. The van der Waals surface area contributed by atoms with Crippen LogP contribution in [0.4, 0.5) is 0 Å². The van der Waals surface area contributed by atoms with Gasteiger partial charge in [0.15, 0.2) is 16.8 Å². The van der Waals surface area contributed by atoms with Crippen LogP contribution in [-0.4, -0.2) is 44.8 Å². The zero-order chi connectivity index (χ0) is 20.3. The average Bonchev–Trinajstić information content (AvgIpc) is 3.11. The summed E-state index contributed by atoms with van der Waals surface area (Å²) < 4.78 is 2.00. The number of hydrogen-bond donors (Lipinski definition) is 0. The number of aromatic nitrogens is 3. The molecule has 0 unspecified atom stereocenters. The van der Waals surface area contributed by atoms with Crippen LogP contribution in [0.15, 0.2) is 59.8 Å². The van der Waals surface area contributed by atoms with Crippen LogP contribution in [0.1, 0.15) is 36.1 Å². The van der Waals surface area contributed by atoms with E-state index in [9.17, 15) is 4.79 Å². The Hall–Kier alpha value is -2.15. The van der Waals surface area contributed by atoms with Crippen molar-refractivity contribution in [3.8, 4) is 5.69 Å². The van der Waals surface area contributed by atoms with E-state index < -0.39 is 0 Å². The molecular formula is C21H23ClN4OS. The summed E-state index contributed by atoms with van der Waals surface area (Å²) in [5, 5.41) is 9.89. The molecule has 0 aliphatic heterocycles. The summed E-state index contributed by atoms with van der Waals surface area (Å²) in [7, 11) is 4.00. The fourth-order valence-electron chi connectivity index (χ4n) is 2.74. The van der Waals surface area contributed by atoms with Crippen LogP contribution in [0.5, 0.6) is 0 Å². The molecule has 0 aliphatic carbocycles. The largest absolute Gasteiger partial charge is 0.300 e. The second-order valence-electron chi connectivity index (χ2n) is 6.78. The first-order chi connectivity index (χ1) is 13.4. The number of rotatable bonds is 7. The number of benzene rings is 2. The van der Waals surface area contributed by atoms with Crippen molar-refractivity contribution in [3.05, 3.63) is 71.0 Å². The summed E-state index contributed by atoms with van der Waals surface area (Å²) in [5.41, 5.74) is 1.61. The van der Waals surface area contributed by atoms with Gasteiger partial charge in [0.25, 0.3) is 0 Å². The Morgan fingerprint density at radius 1 is 1.04 bits per heavy atom. The van der Waals surface area contributed by atoms with Gasteiger partial charge in [0.1, 0.15) is 0 Å². The maximum Gasteiger partial charge on any atom is 0.196 e. The summed E-state index contributed by atoms with van der Waals surface area (Å²) in [4.78, 5) is 14.9. The molecule has 0 fully saturated rings. The van der Waals surface area contributed by atoms with Gasteiger partial charge >= 0.3 is 0 Å². The molecule has 2 aromatic carbocycles. The van der Waals surface area contributed by atoms with Crippen molar-refractivity contribution >= 4 is 29.1 Å². The Morgan fingerprint density at radius 3 is 2.29 bits per heavy atom. The first-order valence-electron chi connectivity index (χ1n) is 9.02. The molecule has 0 aliphatic rings. The summed E-state index contributed by atoms with van der Waals surface area (Å²) in [6.07, 6.45) is 0. The molecule has 0 saturated carbocycles. The zero-order valence-electron chi connectivity index (χ0n) is 16.3. The van der Waals surface area contributed by atoms with Crippen molar-refractivity contribution in [3.63, 3.8) is 0 Å². The van der Waals surface area contributed by atoms with E-state index in [1.807, 2.05) is 80.2 Å². The minimum Gasteiger partial charge on any atom is -0.300 e. The molecule has 0 radical (unpaired) electrons. The quantitative estimate of drug-likeness (QED) is 0.406. The molecule has 0 amide bonds. The van der Waals surface area contributed by atoms with E-state index in [4.69, 9.17) is 11.6 Å². The Labute approximate surface area is 174 Å². The molecule has 0 bridgehead atoms. The number of hydrogen-bond acceptors (Lipinski definition) is 5. The highest BCUT2D eigenvalue weighted by Gasteiger charge is 2.24. The lowest BCUT2D eigenvalue weighted by Gasteiger charge is -2.21. The Morgan fingerprint density at radius 2 is 1.68 bits per heavy atom. The average molecular weight is 415 g/mol. The van der Waals surface area contributed by atoms with Crippen LogP contribution in [0.2, 0.25) is 5.02 Å². The van der Waals surface area contributed by atoms with Gasteiger partial charge in [-0.1, -0.05) is 53.7 Å². The van der Waals surface area contributed by atoms with Crippen LogP contribution >= 0.6 is 23.4 Å². The van der Waals surface area contributed by atoms with Gasteiger partial charge in [-0.05, 0) is 52.2 Å². The molecule has 2 atom stereocenters. The van der Waals surface area contributed by atoms with Crippen LogP contribution < -0.4 is 0 Å². The summed E-state index contributed by atoms with van der Waals surface area (Å²) in [6, 6.07) is 16.9. The third kappa shape index (κ3) is 4.46. The summed E-state index contributed by atoms with van der Waals surface area (Å²) >= 11 is 7.47. The van der Waals surface area contributed by atoms with Gasteiger partial charge in [-0.2, -0.15) is 0 Å². The summed E-state index contributed by atoms with van der Waals surface area (Å²) in [5.74, 6) is 0.882. The van der Waals surface area contributed by atoms with Crippen LogP contribution in [0.3, 0.4) is 0 Å². The lowest BCUT2D eigenvalue weighted by atomic mass is 10.1. The predicted octanol–water partition coefficient (Wildman–Crippen LogP) is 4.91. The molecule has 3 rings (SSSR count). The van der Waals surface area contributed by atoms with E-state index in [1.54, 1.807) is 0 Å². The topological polar surface area (TPSA) is 51.0 Å². The van der Waals surface area contributed by atoms with E-state index >= 15 is 0 Å². The lowest BCUT2D eigenvalue weighted by Crippen LogP contribution is -2.21. The van der Waals surface area contributed by atoms with Crippen molar-refractivity contribution in [1.29, 1.82) is 0 Å². The maximum absolute atomic E-state index is 12.8. The van der Waals surface area contributed by atoms with Crippen molar-refractivity contribution < 1.29 is 4.79 Å². The van der Waals surface area contributed by atoms with Gasteiger partial charge in [-0.15, -0.1) is 10.2 Å². The monoisotopic (exact) mass is 414 g/mol. The number of thioether (sulfide) groups is 1. The molecule has 5 nitrogen and oxygen atoms in total. The molecule has 7 heteroatoms. The predicted molar refractivity (Wildman–Crippen MR) is 115 cm³/mol. The third-order valence-corrected chi connectivity index (χ3v) is 5.90. The molecule has 1 heterocycles. The van der Waals surface area contributed by atoms with E-state index in [0.717, 1.165) is 11.5 Å². The van der Waals surface area contributed by atoms with E-state index in [-0.39, 0.29) is 17.1 Å². The number of ketones is 1. The van der Waals surface area contributed by atoms with Crippen LogP contribution in [0, 0.1) is 0 Å². The second-order valence-corrected chi connectivity index (χ2v) is 8.53. The molecule has 0 saturated heterocycles. The molecule has 1 aromatic heterocycles. The fraction of sp³-hybridized carbons (Fsp3) is 0.286. The van der Waals surface area contributed by atoms with Crippen molar-refractivity contribution in [2.75, 3.05) is 14.1 Å². The highest BCUT2D eigenvalue weighted by atomic mass is 35.5. The van der Waals surface area contributed by atoms with E-state index in [1.165, 1.54) is 11.8 Å². The van der Waals surface area contributed by atoms with Gasteiger partial charge in [0, 0.05) is 16.3 Å². The van der Waals surface area contributed by atoms with Gasteiger partial charge in [0.05, 0.1) is 11.3 Å². The van der Waals surface area contributed by atoms with Gasteiger partial charge in [-0.25, -0.2) is 0 Å². The minimum atomic E-state index is -0.292. The Kier molecular flexibility index (Phi) is 6.54. The zero-order valence-corrected chi connectivity index (χ0v) is 17.9. The first-order valence-corrected chi connectivity index (χ1v) is 10.3. The molecule has 146 valence electrons. The normalized spacial score (nSPS) is 13.5. The Balaban J connectivity index is 1.96. The SMILES string of the molecule is C[C@@H](Sc1nnc([C@H](C)N(C)C)n1-c1ccc(Cl)cc1)C(=O)c1ccccc1. The summed E-state index contributed by atoms with van der Waals surface area (Å²) in [6.45, 7) is 3.97. The number of halogens is 1. The maximum atomic E-state index is 12.8.